The van der Waals surface area contributed by atoms with Gasteiger partial charge in [0, 0.05) is 23.8 Å². The van der Waals surface area contributed by atoms with Crippen LogP contribution in [0.1, 0.15) is 31.4 Å². The van der Waals surface area contributed by atoms with Crippen LogP contribution >= 0.6 is 0 Å². The van der Waals surface area contributed by atoms with E-state index in [0.717, 1.165) is 34.9 Å². The lowest BCUT2D eigenvalue weighted by atomic mass is 10.1. The Morgan fingerprint density at radius 1 is 1.11 bits per heavy atom. The molecular formula is C22H22N4O. The number of fused-ring (bicyclic) bond motifs is 1. The molecule has 1 aliphatic rings. The summed E-state index contributed by atoms with van der Waals surface area (Å²) in [6.07, 6.45) is 10.2. The molecule has 2 heterocycles. The fourth-order valence-electron chi connectivity index (χ4n) is 3.36. The Balaban J connectivity index is 1.45. The lowest BCUT2D eigenvalue weighted by Crippen LogP contribution is -2.03. The number of hydrogen-bond acceptors (Lipinski definition) is 3. The molecule has 2 aromatic heterocycles. The Bertz CT molecular complexity index is 1060. The first-order valence-corrected chi connectivity index (χ1v) is 9.45. The Kier molecular flexibility index (Phi) is 4.02. The van der Waals surface area contributed by atoms with Crippen LogP contribution in [0.4, 0.5) is 0 Å². The van der Waals surface area contributed by atoms with Gasteiger partial charge in [0.2, 0.25) is 0 Å². The molecule has 0 saturated heterocycles. The summed E-state index contributed by atoms with van der Waals surface area (Å²) in [6, 6.07) is 14.8. The van der Waals surface area contributed by atoms with Gasteiger partial charge >= 0.3 is 0 Å². The van der Waals surface area contributed by atoms with Crippen LogP contribution in [0.15, 0.2) is 67.5 Å². The standard InChI is InChI=1S/C22H22N4O/c1-16(27-13-17-5-6-17)18-7-8-22-21(11-18)24-15-26(22)20-4-2-3-19(12-20)25-10-9-23-14-25/h2-4,7-12,14-17H,5-6,13H2,1H3. The quantitative estimate of drug-likeness (QED) is 0.502. The van der Waals surface area contributed by atoms with Crippen LogP contribution in [0.3, 0.4) is 0 Å². The van der Waals surface area contributed by atoms with Gasteiger partial charge in [0.25, 0.3) is 0 Å². The maximum atomic E-state index is 6.01. The van der Waals surface area contributed by atoms with Gasteiger partial charge in [-0.1, -0.05) is 12.1 Å². The molecule has 136 valence electrons. The molecule has 5 rings (SSSR count). The van der Waals surface area contributed by atoms with Gasteiger partial charge in [-0.05, 0) is 61.6 Å². The van der Waals surface area contributed by atoms with Crippen molar-refractivity contribution in [2.45, 2.75) is 25.9 Å². The summed E-state index contributed by atoms with van der Waals surface area (Å²) < 4.78 is 10.1. The largest absolute Gasteiger partial charge is 0.374 e. The van der Waals surface area contributed by atoms with E-state index in [1.807, 2.05) is 17.1 Å². The lowest BCUT2D eigenvalue weighted by Gasteiger charge is -2.13. The molecule has 0 radical (unpaired) electrons. The highest BCUT2D eigenvalue weighted by Crippen LogP contribution is 2.31. The molecule has 0 bridgehead atoms. The molecule has 1 fully saturated rings. The number of aromatic nitrogens is 4. The first-order valence-electron chi connectivity index (χ1n) is 9.45. The maximum absolute atomic E-state index is 6.01. The second-order valence-electron chi connectivity index (χ2n) is 7.27. The van der Waals surface area contributed by atoms with E-state index in [1.54, 1.807) is 12.5 Å². The van der Waals surface area contributed by atoms with Crippen LogP contribution < -0.4 is 0 Å². The predicted octanol–water partition coefficient (Wildman–Crippen LogP) is 4.70. The van der Waals surface area contributed by atoms with Gasteiger partial charge in [0.1, 0.15) is 6.33 Å². The van der Waals surface area contributed by atoms with E-state index in [2.05, 4.69) is 63.9 Å². The molecule has 0 aliphatic heterocycles. The van der Waals surface area contributed by atoms with Crippen molar-refractivity contribution in [3.63, 3.8) is 0 Å². The van der Waals surface area contributed by atoms with Gasteiger partial charge in [0.05, 0.1) is 30.1 Å². The van der Waals surface area contributed by atoms with Crippen LogP contribution in [0.25, 0.3) is 22.4 Å². The van der Waals surface area contributed by atoms with Gasteiger partial charge < -0.3 is 9.30 Å². The van der Waals surface area contributed by atoms with E-state index >= 15 is 0 Å². The molecule has 1 saturated carbocycles. The number of hydrogen-bond donors (Lipinski definition) is 0. The van der Waals surface area contributed by atoms with Crippen LogP contribution in [-0.2, 0) is 4.74 Å². The van der Waals surface area contributed by atoms with Crippen molar-refractivity contribution in [2.75, 3.05) is 6.61 Å². The minimum Gasteiger partial charge on any atom is -0.374 e. The molecule has 5 heteroatoms. The summed E-state index contributed by atoms with van der Waals surface area (Å²) in [5.74, 6) is 0.776. The van der Waals surface area contributed by atoms with E-state index in [4.69, 9.17) is 4.74 Å². The topological polar surface area (TPSA) is 44.9 Å². The number of benzene rings is 2. The summed E-state index contributed by atoms with van der Waals surface area (Å²) in [4.78, 5) is 8.76. The summed E-state index contributed by atoms with van der Waals surface area (Å²) in [5, 5.41) is 0. The first-order chi connectivity index (χ1) is 13.3. The van der Waals surface area contributed by atoms with E-state index in [-0.39, 0.29) is 6.10 Å². The number of ether oxygens (including phenoxy) is 1. The average molecular weight is 358 g/mol. The normalized spacial score (nSPS) is 15.3. The monoisotopic (exact) mass is 358 g/mol. The number of rotatable bonds is 6. The van der Waals surface area contributed by atoms with Crippen molar-refractivity contribution in [2.24, 2.45) is 5.92 Å². The van der Waals surface area contributed by atoms with Crippen LogP contribution in [0.5, 0.6) is 0 Å². The van der Waals surface area contributed by atoms with E-state index in [0.29, 0.717) is 0 Å². The minimum atomic E-state index is 0.102. The van der Waals surface area contributed by atoms with Crippen molar-refractivity contribution >= 4 is 11.0 Å². The fourth-order valence-corrected chi connectivity index (χ4v) is 3.36. The minimum absolute atomic E-state index is 0.102. The zero-order chi connectivity index (χ0) is 18.2. The highest BCUT2D eigenvalue weighted by Gasteiger charge is 2.22. The summed E-state index contributed by atoms with van der Waals surface area (Å²) in [6.45, 7) is 2.99. The zero-order valence-electron chi connectivity index (χ0n) is 15.3. The van der Waals surface area contributed by atoms with Gasteiger partial charge in [-0.25, -0.2) is 9.97 Å². The Morgan fingerprint density at radius 2 is 2.00 bits per heavy atom. The van der Waals surface area contributed by atoms with Gasteiger partial charge in [-0.15, -0.1) is 0 Å². The Hall–Kier alpha value is -2.92. The molecule has 0 spiro atoms. The van der Waals surface area contributed by atoms with Crippen molar-refractivity contribution < 1.29 is 4.74 Å². The third-order valence-corrected chi connectivity index (χ3v) is 5.23. The molecule has 1 unspecified atom stereocenters. The van der Waals surface area contributed by atoms with Crippen LogP contribution in [0, 0.1) is 5.92 Å². The Labute approximate surface area is 158 Å². The number of imidazole rings is 2. The third kappa shape index (κ3) is 3.26. The third-order valence-electron chi connectivity index (χ3n) is 5.23. The van der Waals surface area contributed by atoms with Gasteiger partial charge in [-0.3, -0.25) is 4.57 Å². The van der Waals surface area contributed by atoms with Crippen molar-refractivity contribution in [3.05, 3.63) is 73.1 Å². The van der Waals surface area contributed by atoms with E-state index in [9.17, 15) is 0 Å². The SMILES string of the molecule is CC(OCC1CC1)c1ccc2c(c1)ncn2-c1cccc(-n2ccnc2)c1. The zero-order valence-corrected chi connectivity index (χ0v) is 15.3. The highest BCUT2D eigenvalue weighted by atomic mass is 16.5. The van der Waals surface area contributed by atoms with Gasteiger partial charge in [-0.2, -0.15) is 0 Å². The van der Waals surface area contributed by atoms with Crippen LogP contribution in [-0.4, -0.2) is 25.7 Å². The van der Waals surface area contributed by atoms with Crippen molar-refractivity contribution in [1.29, 1.82) is 0 Å². The second-order valence-corrected chi connectivity index (χ2v) is 7.27. The smallest absolute Gasteiger partial charge is 0.100 e. The average Bonchev–Trinajstić information content (AvgIpc) is 3.19. The van der Waals surface area contributed by atoms with E-state index < -0.39 is 0 Å². The predicted molar refractivity (Wildman–Crippen MR) is 105 cm³/mol. The molecule has 2 aromatic carbocycles. The summed E-state index contributed by atoms with van der Waals surface area (Å²) in [5.41, 5.74) is 5.42. The Morgan fingerprint density at radius 3 is 2.81 bits per heavy atom. The summed E-state index contributed by atoms with van der Waals surface area (Å²) in [7, 11) is 0. The molecule has 1 atom stereocenters. The molecule has 27 heavy (non-hydrogen) atoms. The molecule has 1 aliphatic carbocycles. The number of nitrogens with zero attached hydrogens (tertiary/aromatic N) is 4. The van der Waals surface area contributed by atoms with Crippen molar-refractivity contribution in [1.82, 2.24) is 19.1 Å². The van der Waals surface area contributed by atoms with Gasteiger partial charge in [0.15, 0.2) is 0 Å². The molecular weight excluding hydrogens is 336 g/mol. The van der Waals surface area contributed by atoms with E-state index in [1.165, 1.54) is 18.4 Å². The fraction of sp³-hybridized carbons (Fsp3) is 0.273. The molecule has 0 amide bonds. The first kappa shape index (κ1) is 16.3. The maximum Gasteiger partial charge on any atom is 0.100 e. The van der Waals surface area contributed by atoms with Crippen molar-refractivity contribution in [3.8, 4) is 11.4 Å². The van der Waals surface area contributed by atoms with Crippen LogP contribution in [0.2, 0.25) is 0 Å². The second kappa shape index (κ2) is 6.67. The highest BCUT2D eigenvalue weighted by molar-refractivity contribution is 5.78. The molecule has 5 nitrogen and oxygen atoms in total. The molecule has 4 aromatic rings. The summed E-state index contributed by atoms with van der Waals surface area (Å²) >= 11 is 0. The molecule has 0 N–H and O–H groups in total. The lowest BCUT2D eigenvalue weighted by molar-refractivity contribution is 0.0580.